The van der Waals surface area contributed by atoms with Crippen molar-refractivity contribution >= 4 is 39.4 Å². The molecular weight excluding hydrogens is 364 g/mol. The topological polar surface area (TPSA) is 75.0 Å². The van der Waals surface area contributed by atoms with Gasteiger partial charge in [-0.15, -0.1) is 11.3 Å². The summed E-state index contributed by atoms with van der Waals surface area (Å²) in [5, 5.41) is 1.17. The molecule has 2 fully saturated rings. The van der Waals surface area contributed by atoms with E-state index in [0.717, 1.165) is 46.1 Å². The van der Waals surface area contributed by atoms with Gasteiger partial charge in [-0.2, -0.15) is 0 Å². The van der Waals surface area contributed by atoms with E-state index in [1.807, 2.05) is 18.2 Å². The Morgan fingerprint density at radius 2 is 1.85 bits per heavy atom. The number of nitrogens with zero attached hydrogens (tertiary/aromatic N) is 3. The minimum absolute atomic E-state index is 0.263. The van der Waals surface area contributed by atoms with Crippen LogP contribution in [0.3, 0.4) is 0 Å². The van der Waals surface area contributed by atoms with Gasteiger partial charge in [-0.1, -0.05) is 12.1 Å². The predicted octanol–water partition coefficient (Wildman–Crippen LogP) is 1.22. The molecular formula is C19H23N4O3S+. The van der Waals surface area contributed by atoms with E-state index in [1.54, 1.807) is 25.2 Å². The van der Waals surface area contributed by atoms with E-state index in [9.17, 15) is 14.4 Å². The molecule has 0 atom stereocenters. The van der Waals surface area contributed by atoms with Crippen LogP contribution in [0.1, 0.15) is 37.6 Å². The van der Waals surface area contributed by atoms with Crippen molar-refractivity contribution in [3.8, 4) is 0 Å². The number of piperidine rings is 1. The van der Waals surface area contributed by atoms with Gasteiger partial charge in [0.05, 0.1) is 28.3 Å². The summed E-state index contributed by atoms with van der Waals surface area (Å²) in [6.07, 6.45) is 1.93. The van der Waals surface area contributed by atoms with E-state index in [2.05, 4.69) is 6.07 Å². The normalized spacial score (nSPS) is 23.9. The Kier molecular flexibility index (Phi) is 4.69. The third-order valence-corrected chi connectivity index (χ3v) is 6.53. The number of amides is 4. The molecule has 0 aliphatic carbocycles. The standard InChI is InChI=1S/C19H22N4O3S/c1-12(2)23-18(25)17(24)22(19(23)26)11-21-9-7-13(8-10-21)16-20-14-5-3-4-6-15(14)27-16/h3-6,12-13H,7-11H2,1-2H3/p+1. The number of hydrogen-bond acceptors (Lipinski definition) is 5. The van der Waals surface area contributed by atoms with Crippen LogP contribution in [0.2, 0.25) is 0 Å². The number of aromatic nitrogens is 1. The largest absolute Gasteiger partial charge is 0.338 e. The van der Waals surface area contributed by atoms with Crippen molar-refractivity contribution in [1.29, 1.82) is 0 Å². The number of benzene rings is 1. The molecule has 2 saturated heterocycles. The van der Waals surface area contributed by atoms with Crippen molar-refractivity contribution in [2.24, 2.45) is 0 Å². The highest BCUT2D eigenvalue weighted by molar-refractivity contribution is 7.18. The summed E-state index contributed by atoms with van der Waals surface area (Å²) in [5.41, 5.74) is 1.05. The second-order valence-electron chi connectivity index (χ2n) is 7.49. The van der Waals surface area contributed by atoms with Crippen molar-refractivity contribution in [1.82, 2.24) is 14.8 Å². The van der Waals surface area contributed by atoms with Gasteiger partial charge in [0.25, 0.3) is 0 Å². The fourth-order valence-corrected chi connectivity index (χ4v) is 4.97. The van der Waals surface area contributed by atoms with Gasteiger partial charge < -0.3 is 4.90 Å². The molecule has 3 heterocycles. The lowest BCUT2D eigenvalue weighted by molar-refractivity contribution is -0.912. The van der Waals surface area contributed by atoms with E-state index in [1.165, 1.54) is 9.71 Å². The highest BCUT2D eigenvalue weighted by atomic mass is 32.1. The zero-order valence-corrected chi connectivity index (χ0v) is 16.3. The van der Waals surface area contributed by atoms with Gasteiger partial charge >= 0.3 is 17.8 Å². The van der Waals surface area contributed by atoms with Gasteiger partial charge in [-0.3, -0.25) is 14.5 Å². The Morgan fingerprint density at radius 1 is 1.15 bits per heavy atom. The van der Waals surface area contributed by atoms with Crippen LogP contribution in [0, 0.1) is 0 Å². The Balaban J connectivity index is 1.39. The SMILES string of the molecule is CC(C)N1C(=O)C(=O)N(C[NH+]2CCC(c3nc4ccccc4s3)CC2)C1=O. The van der Waals surface area contributed by atoms with Gasteiger partial charge in [0.15, 0.2) is 6.67 Å². The molecule has 0 saturated carbocycles. The van der Waals surface area contributed by atoms with Crippen LogP contribution in [0.25, 0.3) is 10.2 Å². The van der Waals surface area contributed by atoms with Gasteiger partial charge in [0, 0.05) is 24.8 Å². The molecule has 1 aromatic heterocycles. The average molecular weight is 387 g/mol. The summed E-state index contributed by atoms with van der Waals surface area (Å²) in [5.74, 6) is -0.988. The second kappa shape index (κ2) is 7.01. The lowest BCUT2D eigenvalue weighted by Crippen LogP contribution is -3.14. The molecule has 0 bridgehead atoms. The van der Waals surface area contributed by atoms with Crippen molar-refractivity contribution < 1.29 is 19.3 Å². The number of fused-ring (bicyclic) bond motifs is 1. The van der Waals surface area contributed by atoms with Crippen LogP contribution in [0.4, 0.5) is 4.79 Å². The molecule has 4 rings (SSSR count). The van der Waals surface area contributed by atoms with Crippen LogP contribution in [-0.4, -0.2) is 58.4 Å². The fourth-order valence-electron chi connectivity index (χ4n) is 3.84. The zero-order valence-electron chi connectivity index (χ0n) is 15.5. The molecule has 1 N–H and O–H groups in total. The summed E-state index contributed by atoms with van der Waals surface area (Å²) in [4.78, 5) is 44.7. The molecule has 0 spiro atoms. The number of hydrogen-bond donors (Lipinski definition) is 1. The first kappa shape index (κ1) is 18.1. The average Bonchev–Trinajstić information content (AvgIpc) is 3.17. The van der Waals surface area contributed by atoms with Crippen LogP contribution in [-0.2, 0) is 9.59 Å². The van der Waals surface area contributed by atoms with Crippen molar-refractivity contribution in [2.75, 3.05) is 19.8 Å². The van der Waals surface area contributed by atoms with Gasteiger partial charge in [0.1, 0.15) is 0 Å². The number of para-hydroxylation sites is 1. The van der Waals surface area contributed by atoms with Crippen LogP contribution in [0.15, 0.2) is 24.3 Å². The van der Waals surface area contributed by atoms with E-state index < -0.39 is 17.8 Å². The molecule has 0 unspecified atom stereocenters. The number of thiazole rings is 1. The molecule has 2 aromatic rings. The third kappa shape index (κ3) is 3.23. The maximum atomic E-state index is 12.4. The number of nitrogens with one attached hydrogen (secondary N) is 1. The minimum Gasteiger partial charge on any atom is -0.317 e. The Bertz CT molecular complexity index is 868. The zero-order chi connectivity index (χ0) is 19.1. The third-order valence-electron chi connectivity index (χ3n) is 5.33. The number of likely N-dealkylation sites (tertiary alicyclic amines) is 1. The Morgan fingerprint density at radius 3 is 2.48 bits per heavy atom. The highest BCUT2D eigenvalue weighted by Gasteiger charge is 2.47. The first-order chi connectivity index (χ1) is 13.0. The van der Waals surface area contributed by atoms with Crippen LogP contribution in [0.5, 0.6) is 0 Å². The molecule has 1 aromatic carbocycles. The van der Waals surface area contributed by atoms with Crippen molar-refractivity contribution in [3.63, 3.8) is 0 Å². The Labute approximate surface area is 161 Å². The quantitative estimate of drug-likeness (QED) is 0.632. The molecule has 2 aliphatic rings. The number of quaternary nitrogens is 1. The Hall–Kier alpha value is -2.32. The van der Waals surface area contributed by atoms with Gasteiger partial charge in [-0.05, 0) is 26.0 Å². The van der Waals surface area contributed by atoms with E-state index >= 15 is 0 Å². The summed E-state index contributed by atoms with van der Waals surface area (Å²) in [6, 6.07) is 7.38. The number of urea groups is 1. The smallest absolute Gasteiger partial charge is 0.317 e. The van der Waals surface area contributed by atoms with E-state index in [0.29, 0.717) is 5.92 Å². The minimum atomic E-state index is -0.709. The number of imide groups is 2. The maximum absolute atomic E-state index is 12.4. The predicted molar refractivity (Wildman–Crippen MR) is 101 cm³/mol. The van der Waals surface area contributed by atoms with E-state index in [-0.39, 0.29) is 12.7 Å². The number of carbonyl (C=O) groups excluding carboxylic acids is 3. The number of carbonyl (C=O) groups is 3. The van der Waals surface area contributed by atoms with Gasteiger partial charge in [0.2, 0.25) is 0 Å². The molecule has 8 heteroatoms. The summed E-state index contributed by atoms with van der Waals surface area (Å²) in [6.45, 7) is 5.45. The first-order valence-corrected chi connectivity index (χ1v) is 10.2. The molecule has 0 radical (unpaired) electrons. The molecule has 2 aliphatic heterocycles. The van der Waals surface area contributed by atoms with Gasteiger partial charge in [-0.25, -0.2) is 14.7 Å². The number of rotatable bonds is 4. The van der Waals surface area contributed by atoms with Crippen LogP contribution < -0.4 is 4.90 Å². The lowest BCUT2D eigenvalue weighted by Gasteiger charge is -2.30. The molecule has 4 amide bonds. The molecule has 142 valence electrons. The molecule has 27 heavy (non-hydrogen) atoms. The van der Waals surface area contributed by atoms with Crippen molar-refractivity contribution in [3.05, 3.63) is 29.3 Å². The monoisotopic (exact) mass is 387 g/mol. The summed E-state index contributed by atoms with van der Waals surface area (Å²) in [7, 11) is 0. The summed E-state index contributed by atoms with van der Waals surface area (Å²) < 4.78 is 1.21. The van der Waals surface area contributed by atoms with Crippen LogP contribution >= 0.6 is 11.3 Å². The fraction of sp³-hybridized carbons (Fsp3) is 0.474. The van der Waals surface area contributed by atoms with E-state index in [4.69, 9.17) is 4.98 Å². The maximum Gasteiger partial charge on any atom is 0.338 e. The van der Waals surface area contributed by atoms with Crippen molar-refractivity contribution in [2.45, 2.75) is 38.6 Å². The molecule has 7 nitrogen and oxygen atoms in total. The summed E-state index contributed by atoms with van der Waals surface area (Å²) >= 11 is 1.75. The first-order valence-electron chi connectivity index (χ1n) is 9.33. The highest BCUT2D eigenvalue weighted by Crippen LogP contribution is 2.31. The second-order valence-corrected chi connectivity index (χ2v) is 8.55. The lowest BCUT2D eigenvalue weighted by atomic mass is 9.98.